The Kier molecular flexibility index (Phi) is 4.63. The molecule has 1 saturated carbocycles. The third kappa shape index (κ3) is 3.69. The Morgan fingerprint density at radius 2 is 1.93 bits per heavy atom. The molecule has 0 aromatic heterocycles. The van der Waals surface area contributed by atoms with Crippen LogP contribution in [0.1, 0.15) is 35.2 Å². The number of nitrogens with zero attached hydrogens (tertiary/aromatic N) is 2. The molecule has 27 heavy (non-hydrogen) atoms. The van der Waals surface area contributed by atoms with Crippen LogP contribution in [0.5, 0.6) is 0 Å². The van der Waals surface area contributed by atoms with Gasteiger partial charge in [-0.1, -0.05) is 24.3 Å². The first-order valence-electron chi connectivity index (χ1n) is 9.10. The topological polar surface area (TPSA) is 57.7 Å². The van der Waals surface area contributed by atoms with Gasteiger partial charge >= 0.3 is 0 Å². The van der Waals surface area contributed by atoms with Gasteiger partial charge in [-0.15, -0.1) is 0 Å². The highest BCUT2D eigenvalue weighted by Crippen LogP contribution is 2.31. The molecule has 0 bridgehead atoms. The zero-order chi connectivity index (χ0) is 19.0. The Hall–Kier alpha value is -2.41. The monoisotopic (exact) mass is 388 g/mol. The number of rotatable bonds is 5. The van der Waals surface area contributed by atoms with Crippen molar-refractivity contribution in [3.05, 3.63) is 65.5 Å². The average molecular weight is 388 g/mol. The zero-order valence-corrected chi connectivity index (χ0v) is 15.7. The van der Waals surface area contributed by atoms with Crippen molar-refractivity contribution in [2.75, 3.05) is 16.6 Å². The van der Waals surface area contributed by atoms with Crippen LogP contribution < -0.4 is 4.31 Å². The van der Waals surface area contributed by atoms with Crippen molar-refractivity contribution in [3.8, 4) is 0 Å². The molecule has 4 rings (SSSR count). The first kappa shape index (κ1) is 18.0. The summed E-state index contributed by atoms with van der Waals surface area (Å²) in [4.78, 5) is 14.8. The summed E-state index contributed by atoms with van der Waals surface area (Å²) in [6.45, 7) is 0.643. The van der Waals surface area contributed by atoms with Gasteiger partial charge in [-0.05, 0) is 43.5 Å². The van der Waals surface area contributed by atoms with Crippen molar-refractivity contribution >= 4 is 21.6 Å². The molecular formula is C20H21FN2O3S. The summed E-state index contributed by atoms with van der Waals surface area (Å²) < 4.78 is 39.7. The number of carbonyl (C=O) groups excluding carboxylic acids is 1. The maximum Gasteiger partial charge on any atom is 0.254 e. The molecule has 1 aliphatic heterocycles. The van der Waals surface area contributed by atoms with Gasteiger partial charge < -0.3 is 4.90 Å². The minimum absolute atomic E-state index is 0.108. The van der Waals surface area contributed by atoms with E-state index in [0.717, 1.165) is 12.8 Å². The molecule has 1 amide bonds. The summed E-state index contributed by atoms with van der Waals surface area (Å²) in [5.41, 5.74) is 1.42. The molecule has 7 heteroatoms. The van der Waals surface area contributed by atoms with Crippen LogP contribution in [0.25, 0.3) is 0 Å². The summed E-state index contributed by atoms with van der Waals surface area (Å²) in [5.74, 6) is -0.390. The molecule has 0 atom stereocenters. The van der Waals surface area contributed by atoms with E-state index in [1.807, 2.05) is 0 Å². The van der Waals surface area contributed by atoms with E-state index >= 15 is 0 Å². The SMILES string of the molecule is O=C(c1cccc(N2CCCS2(=O)=O)c1)N(Cc1ccccc1F)C1CC1. The predicted molar refractivity (Wildman–Crippen MR) is 101 cm³/mol. The van der Waals surface area contributed by atoms with E-state index in [4.69, 9.17) is 0 Å². The Morgan fingerprint density at radius 3 is 2.59 bits per heavy atom. The second-order valence-corrected chi connectivity index (χ2v) is 9.06. The molecule has 1 aliphatic carbocycles. The fraction of sp³-hybridized carbons (Fsp3) is 0.350. The molecule has 0 spiro atoms. The molecule has 2 aromatic carbocycles. The van der Waals surface area contributed by atoms with Crippen LogP contribution in [0.3, 0.4) is 0 Å². The van der Waals surface area contributed by atoms with Gasteiger partial charge in [0.25, 0.3) is 5.91 Å². The predicted octanol–water partition coefficient (Wildman–Crippen LogP) is 3.17. The molecule has 0 N–H and O–H groups in total. The van der Waals surface area contributed by atoms with Gasteiger partial charge in [-0.25, -0.2) is 12.8 Å². The van der Waals surface area contributed by atoms with Crippen LogP contribution in [0.15, 0.2) is 48.5 Å². The minimum atomic E-state index is -3.30. The van der Waals surface area contributed by atoms with Crippen LogP contribution in [-0.4, -0.2) is 37.6 Å². The molecule has 1 heterocycles. The lowest BCUT2D eigenvalue weighted by atomic mass is 10.1. The molecule has 1 saturated heterocycles. The number of halogens is 1. The third-order valence-electron chi connectivity index (χ3n) is 5.03. The molecule has 2 aromatic rings. The first-order chi connectivity index (χ1) is 13.0. The number of benzene rings is 2. The number of sulfonamides is 1. The van der Waals surface area contributed by atoms with Crippen LogP contribution in [0, 0.1) is 5.82 Å². The molecule has 0 unspecified atom stereocenters. The number of carbonyl (C=O) groups is 1. The Bertz CT molecular complexity index is 973. The van der Waals surface area contributed by atoms with Crippen LogP contribution in [0.2, 0.25) is 0 Å². The standard InChI is InChI=1S/C20H21FN2O3S/c21-19-8-2-1-5-16(19)14-22(17-9-10-17)20(24)15-6-3-7-18(13-15)23-11-4-12-27(23,25)26/h1-3,5-8,13,17H,4,9-12,14H2. The van der Waals surface area contributed by atoms with Crippen molar-refractivity contribution in [1.29, 1.82) is 0 Å². The van der Waals surface area contributed by atoms with E-state index in [-0.39, 0.29) is 30.1 Å². The number of hydrogen-bond acceptors (Lipinski definition) is 3. The lowest BCUT2D eigenvalue weighted by Crippen LogP contribution is -2.33. The molecule has 2 fully saturated rings. The van der Waals surface area contributed by atoms with Gasteiger partial charge in [0.15, 0.2) is 0 Å². The summed E-state index contributed by atoms with van der Waals surface area (Å²) in [6, 6.07) is 13.3. The highest BCUT2D eigenvalue weighted by Gasteiger charge is 2.34. The summed E-state index contributed by atoms with van der Waals surface area (Å²) in [6.07, 6.45) is 2.39. The minimum Gasteiger partial charge on any atom is -0.331 e. The smallest absolute Gasteiger partial charge is 0.254 e. The van der Waals surface area contributed by atoms with Gasteiger partial charge in [0, 0.05) is 30.3 Å². The maximum absolute atomic E-state index is 14.0. The zero-order valence-electron chi connectivity index (χ0n) is 14.8. The average Bonchev–Trinajstić information content (AvgIpc) is 3.43. The van der Waals surface area contributed by atoms with Crippen LogP contribution in [0.4, 0.5) is 10.1 Å². The van der Waals surface area contributed by atoms with Crippen LogP contribution >= 0.6 is 0 Å². The fourth-order valence-corrected chi connectivity index (χ4v) is 5.01. The van der Waals surface area contributed by atoms with Crippen molar-refractivity contribution in [2.24, 2.45) is 0 Å². The Morgan fingerprint density at radius 1 is 1.15 bits per heavy atom. The van der Waals surface area contributed by atoms with Crippen molar-refractivity contribution in [1.82, 2.24) is 4.90 Å². The molecule has 142 valence electrons. The molecule has 5 nitrogen and oxygen atoms in total. The lowest BCUT2D eigenvalue weighted by molar-refractivity contribution is 0.0728. The van der Waals surface area contributed by atoms with Gasteiger partial charge in [0.05, 0.1) is 11.4 Å². The molecular weight excluding hydrogens is 367 g/mol. The van der Waals surface area contributed by atoms with E-state index in [0.29, 0.717) is 29.8 Å². The van der Waals surface area contributed by atoms with Gasteiger partial charge in [-0.3, -0.25) is 9.10 Å². The van der Waals surface area contributed by atoms with E-state index in [1.165, 1.54) is 10.4 Å². The van der Waals surface area contributed by atoms with E-state index in [2.05, 4.69) is 0 Å². The summed E-state index contributed by atoms with van der Waals surface area (Å²) >= 11 is 0. The number of amides is 1. The first-order valence-corrected chi connectivity index (χ1v) is 10.7. The number of hydrogen-bond donors (Lipinski definition) is 0. The maximum atomic E-state index is 14.0. The second kappa shape index (κ2) is 6.96. The van der Waals surface area contributed by atoms with Crippen molar-refractivity contribution < 1.29 is 17.6 Å². The van der Waals surface area contributed by atoms with Gasteiger partial charge in [0.1, 0.15) is 5.82 Å². The van der Waals surface area contributed by atoms with E-state index in [1.54, 1.807) is 47.4 Å². The Balaban J connectivity index is 1.61. The fourth-order valence-electron chi connectivity index (χ4n) is 3.45. The van der Waals surface area contributed by atoms with E-state index < -0.39 is 10.0 Å². The molecule has 0 radical (unpaired) electrons. The van der Waals surface area contributed by atoms with E-state index in [9.17, 15) is 17.6 Å². The second-order valence-electron chi connectivity index (χ2n) is 7.05. The normalized spacial score (nSPS) is 18.5. The highest BCUT2D eigenvalue weighted by molar-refractivity contribution is 7.93. The third-order valence-corrected chi connectivity index (χ3v) is 6.90. The highest BCUT2D eigenvalue weighted by atomic mass is 32.2. The van der Waals surface area contributed by atoms with Gasteiger partial charge in [0.2, 0.25) is 10.0 Å². The van der Waals surface area contributed by atoms with Crippen molar-refractivity contribution in [2.45, 2.75) is 31.8 Å². The summed E-state index contributed by atoms with van der Waals surface area (Å²) in [5, 5.41) is 0. The van der Waals surface area contributed by atoms with Crippen LogP contribution in [-0.2, 0) is 16.6 Å². The molecule has 2 aliphatic rings. The quantitative estimate of drug-likeness (QED) is 0.791. The lowest BCUT2D eigenvalue weighted by Gasteiger charge is -2.24. The van der Waals surface area contributed by atoms with Crippen molar-refractivity contribution in [3.63, 3.8) is 0 Å². The summed E-state index contributed by atoms with van der Waals surface area (Å²) in [7, 11) is -3.30. The largest absolute Gasteiger partial charge is 0.331 e. The Labute approximate surface area is 158 Å². The number of anilines is 1. The van der Waals surface area contributed by atoms with Gasteiger partial charge in [-0.2, -0.15) is 0 Å².